The highest BCUT2D eigenvalue weighted by molar-refractivity contribution is 5.96. The van der Waals surface area contributed by atoms with Gasteiger partial charge in [0.2, 0.25) is 0 Å². The number of fused-ring (bicyclic) bond motifs is 1. The van der Waals surface area contributed by atoms with Crippen molar-refractivity contribution in [2.75, 3.05) is 12.4 Å². The zero-order chi connectivity index (χ0) is 22.0. The first-order valence-corrected chi connectivity index (χ1v) is 9.43. The summed E-state index contributed by atoms with van der Waals surface area (Å²) in [6.45, 7) is -1.01. The molecule has 0 saturated heterocycles. The van der Waals surface area contributed by atoms with Crippen molar-refractivity contribution in [3.8, 4) is 17.0 Å². The molecule has 7 nitrogen and oxygen atoms in total. The van der Waals surface area contributed by atoms with Crippen molar-refractivity contribution < 1.29 is 18.3 Å². The van der Waals surface area contributed by atoms with Gasteiger partial charge in [-0.15, -0.1) is 0 Å². The van der Waals surface area contributed by atoms with Crippen molar-refractivity contribution in [3.63, 3.8) is 0 Å². The predicted octanol–water partition coefficient (Wildman–Crippen LogP) is 4.41. The molecule has 9 heteroatoms. The Bertz CT molecular complexity index is 1240. The van der Waals surface area contributed by atoms with Gasteiger partial charge in [0.15, 0.2) is 11.5 Å². The molecule has 0 radical (unpaired) electrons. The van der Waals surface area contributed by atoms with Crippen LogP contribution in [0.4, 0.5) is 20.3 Å². The number of anilines is 2. The van der Waals surface area contributed by atoms with E-state index in [1.807, 2.05) is 17.4 Å². The van der Waals surface area contributed by atoms with Crippen molar-refractivity contribution in [2.45, 2.75) is 13.5 Å². The van der Waals surface area contributed by atoms with Gasteiger partial charge in [0.05, 0.1) is 11.9 Å². The molecule has 2 aromatic heterocycles. The van der Waals surface area contributed by atoms with E-state index in [4.69, 9.17) is 0 Å². The molecule has 2 aromatic carbocycles. The zero-order valence-electron chi connectivity index (χ0n) is 16.8. The number of hydrogen-bond acceptors (Lipinski definition) is 5. The van der Waals surface area contributed by atoms with Gasteiger partial charge in [-0.2, -0.15) is 8.78 Å². The number of aryl methyl sites for hydroxylation is 1. The van der Waals surface area contributed by atoms with E-state index < -0.39 is 6.61 Å². The fourth-order valence-electron chi connectivity index (χ4n) is 3.30. The Morgan fingerprint density at radius 2 is 1.90 bits per heavy atom. The Kier molecular flexibility index (Phi) is 5.48. The molecule has 0 bridgehead atoms. The number of rotatable bonds is 6. The van der Waals surface area contributed by atoms with Crippen molar-refractivity contribution >= 4 is 23.1 Å². The van der Waals surface area contributed by atoms with Gasteiger partial charge >= 0.3 is 6.61 Å². The second kappa shape index (κ2) is 8.39. The molecular weight excluding hydrogens is 404 g/mol. The molecule has 2 N–H and O–H groups in total. The standard InChI is InChI=1S/C22H19F2N5O2/c1-13-11-15(5-8-17(13)21(30)25-2)28-19-20-27-12-18(29(20)10-9-26-19)14-3-6-16(7-4-14)31-22(23)24/h3-12,22H,1-2H3,(H,25,30)(H,26,28). The van der Waals surface area contributed by atoms with Gasteiger partial charge in [0.1, 0.15) is 5.75 Å². The van der Waals surface area contributed by atoms with Crippen LogP contribution in [0.25, 0.3) is 16.9 Å². The van der Waals surface area contributed by atoms with Gasteiger partial charge in [0.25, 0.3) is 5.91 Å². The molecule has 1 amide bonds. The fourth-order valence-corrected chi connectivity index (χ4v) is 3.30. The second-order valence-corrected chi connectivity index (χ2v) is 6.75. The molecule has 0 aliphatic heterocycles. The van der Waals surface area contributed by atoms with Crippen LogP contribution in [0.15, 0.2) is 61.1 Å². The highest BCUT2D eigenvalue weighted by Crippen LogP contribution is 2.27. The van der Waals surface area contributed by atoms with Gasteiger partial charge in [-0.3, -0.25) is 9.20 Å². The molecule has 2 heterocycles. The summed E-state index contributed by atoms with van der Waals surface area (Å²) in [6.07, 6.45) is 5.10. The molecule has 0 fully saturated rings. The van der Waals surface area contributed by atoms with E-state index in [1.54, 1.807) is 49.9 Å². The Hall–Kier alpha value is -4.01. The van der Waals surface area contributed by atoms with Crippen molar-refractivity contribution in [1.82, 2.24) is 19.7 Å². The van der Waals surface area contributed by atoms with Gasteiger partial charge < -0.3 is 15.4 Å². The summed E-state index contributed by atoms with van der Waals surface area (Å²) in [5.74, 6) is 0.484. The number of alkyl halides is 2. The minimum Gasteiger partial charge on any atom is -0.435 e. The normalized spacial score (nSPS) is 11.0. The Morgan fingerprint density at radius 3 is 2.58 bits per heavy atom. The summed E-state index contributed by atoms with van der Waals surface area (Å²) in [4.78, 5) is 20.7. The first-order chi connectivity index (χ1) is 15.0. The largest absolute Gasteiger partial charge is 0.435 e. The number of halogens is 2. The van der Waals surface area contributed by atoms with Gasteiger partial charge in [-0.25, -0.2) is 9.97 Å². The molecule has 0 aliphatic carbocycles. The number of hydrogen-bond donors (Lipinski definition) is 2. The number of amides is 1. The summed E-state index contributed by atoms with van der Waals surface area (Å²) in [5.41, 5.74) is 4.35. The molecule has 0 unspecified atom stereocenters. The van der Waals surface area contributed by atoms with E-state index in [-0.39, 0.29) is 11.7 Å². The van der Waals surface area contributed by atoms with E-state index in [0.29, 0.717) is 17.0 Å². The quantitative estimate of drug-likeness (QED) is 0.480. The highest BCUT2D eigenvalue weighted by atomic mass is 19.3. The number of imidazole rings is 1. The monoisotopic (exact) mass is 423 g/mol. The minimum absolute atomic E-state index is 0.0900. The van der Waals surface area contributed by atoms with Crippen LogP contribution in [-0.2, 0) is 0 Å². The third kappa shape index (κ3) is 4.16. The SMILES string of the molecule is CNC(=O)c1ccc(Nc2nccn3c(-c4ccc(OC(F)F)cc4)cnc23)cc1C. The molecular formula is C22H19F2N5O2. The van der Waals surface area contributed by atoms with E-state index in [1.165, 1.54) is 12.1 Å². The van der Waals surface area contributed by atoms with Crippen LogP contribution in [0.3, 0.4) is 0 Å². The van der Waals surface area contributed by atoms with Crippen LogP contribution in [-0.4, -0.2) is 33.9 Å². The van der Waals surface area contributed by atoms with E-state index in [9.17, 15) is 13.6 Å². The molecule has 0 spiro atoms. The van der Waals surface area contributed by atoms with Gasteiger partial charge in [-0.05, 0) is 55.0 Å². The Balaban J connectivity index is 1.63. The minimum atomic E-state index is -2.87. The predicted molar refractivity (Wildman–Crippen MR) is 113 cm³/mol. The third-order valence-electron chi connectivity index (χ3n) is 4.76. The number of benzene rings is 2. The summed E-state index contributed by atoms with van der Waals surface area (Å²) in [6, 6.07) is 11.8. The second-order valence-electron chi connectivity index (χ2n) is 6.75. The van der Waals surface area contributed by atoms with Gasteiger partial charge in [-0.1, -0.05) is 0 Å². The maximum Gasteiger partial charge on any atom is 0.387 e. The average Bonchev–Trinajstić information content (AvgIpc) is 3.19. The topological polar surface area (TPSA) is 80.6 Å². The van der Waals surface area contributed by atoms with E-state index >= 15 is 0 Å². The fraction of sp³-hybridized carbons (Fsp3) is 0.136. The summed E-state index contributed by atoms with van der Waals surface area (Å²) >= 11 is 0. The van der Waals surface area contributed by atoms with Crippen LogP contribution < -0.4 is 15.4 Å². The number of carbonyl (C=O) groups is 1. The van der Waals surface area contributed by atoms with Crippen LogP contribution in [0, 0.1) is 6.92 Å². The smallest absolute Gasteiger partial charge is 0.387 e. The lowest BCUT2D eigenvalue weighted by molar-refractivity contribution is -0.0498. The van der Waals surface area contributed by atoms with Crippen molar-refractivity contribution in [2.24, 2.45) is 0 Å². The van der Waals surface area contributed by atoms with Crippen LogP contribution in [0.1, 0.15) is 15.9 Å². The lowest BCUT2D eigenvalue weighted by Gasteiger charge is -2.11. The lowest BCUT2D eigenvalue weighted by Crippen LogP contribution is -2.18. The number of ether oxygens (including phenoxy) is 1. The Morgan fingerprint density at radius 1 is 1.13 bits per heavy atom. The molecule has 158 valence electrons. The van der Waals surface area contributed by atoms with Gasteiger partial charge in [0, 0.05) is 36.3 Å². The average molecular weight is 423 g/mol. The van der Waals surface area contributed by atoms with Crippen molar-refractivity contribution in [1.29, 1.82) is 0 Å². The summed E-state index contributed by atoms with van der Waals surface area (Å²) in [5, 5.41) is 5.85. The number of aromatic nitrogens is 3. The number of nitrogens with one attached hydrogen (secondary N) is 2. The van der Waals surface area contributed by atoms with E-state index in [2.05, 4.69) is 25.3 Å². The zero-order valence-corrected chi connectivity index (χ0v) is 16.8. The summed E-state index contributed by atoms with van der Waals surface area (Å²) in [7, 11) is 1.59. The lowest BCUT2D eigenvalue weighted by atomic mass is 10.1. The highest BCUT2D eigenvalue weighted by Gasteiger charge is 2.13. The molecule has 31 heavy (non-hydrogen) atoms. The first-order valence-electron chi connectivity index (χ1n) is 9.43. The van der Waals surface area contributed by atoms with Crippen LogP contribution in [0.2, 0.25) is 0 Å². The number of carbonyl (C=O) groups excluding carboxylic acids is 1. The van der Waals surface area contributed by atoms with Crippen LogP contribution >= 0.6 is 0 Å². The molecule has 0 aliphatic rings. The first kappa shape index (κ1) is 20.3. The van der Waals surface area contributed by atoms with Crippen LogP contribution in [0.5, 0.6) is 5.75 Å². The maximum atomic E-state index is 12.4. The third-order valence-corrected chi connectivity index (χ3v) is 4.76. The molecule has 0 atom stereocenters. The molecule has 0 saturated carbocycles. The van der Waals surface area contributed by atoms with Crippen molar-refractivity contribution in [3.05, 3.63) is 72.2 Å². The molecule has 4 aromatic rings. The Labute approximate surface area is 176 Å². The molecule has 4 rings (SSSR count). The van der Waals surface area contributed by atoms with E-state index in [0.717, 1.165) is 22.5 Å². The maximum absolute atomic E-state index is 12.4. The summed E-state index contributed by atoms with van der Waals surface area (Å²) < 4.78 is 31.0. The number of nitrogens with zero attached hydrogens (tertiary/aromatic N) is 3.